The highest BCUT2D eigenvalue weighted by atomic mass is 16.3. The Balaban J connectivity index is 1.57. The van der Waals surface area contributed by atoms with Gasteiger partial charge in [0.2, 0.25) is 0 Å². The van der Waals surface area contributed by atoms with E-state index in [2.05, 4.69) is 25.6 Å². The normalized spacial score (nSPS) is 17.8. The molecule has 0 radical (unpaired) electrons. The number of pyridine rings is 1. The number of aliphatic hydroxyl groups excluding tert-OH is 1. The van der Waals surface area contributed by atoms with Gasteiger partial charge in [0, 0.05) is 29.6 Å². The summed E-state index contributed by atoms with van der Waals surface area (Å²) in [7, 11) is 0. The van der Waals surface area contributed by atoms with Crippen LogP contribution in [0.2, 0.25) is 0 Å². The second-order valence-corrected chi connectivity index (χ2v) is 8.00. The zero-order valence-electron chi connectivity index (χ0n) is 18.0. The summed E-state index contributed by atoms with van der Waals surface area (Å²) in [6, 6.07) is 5.35. The first kappa shape index (κ1) is 20.7. The third-order valence-electron chi connectivity index (χ3n) is 5.77. The van der Waals surface area contributed by atoms with E-state index in [1.807, 2.05) is 13.0 Å². The molecule has 0 amide bonds. The largest absolute Gasteiger partial charge is 0.393 e. The van der Waals surface area contributed by atoms with Crippen LogP contribution in [0.4, 0.5) is 11.6 Å². The number of nitrogens with zero attached hydrogens (tertiary/aromatic N) is 8. The van der Waals surface area contributed by atoms with Gasteiger partial charge in [-0.3, -0.25) is 0 Å². The molecule has 4 aromatic rings. The number of hydrogen-bond donors (Lipinski definition) is 3. The van der Waals surface area contributed by atoms with Gasteiger partial charge in [-0.15, -0.1) is 10.2 Å². The zero-order chi connectivity index (χ0) is 22.9. The molecule has 0 aliphatic heterocycles. The molecule has 11 heteroatoms. The van der Waals surface area contributed by atoms with Gasteiger partial charge in [0.05, 0.1) is 18.0 Å². The van der Waals surface area contributed by atoms with Gasteiger partial charge in [-0.1, -0.05) is 6.92 Å². The lowest BCUT2D eigenvalue weighted by Crippen LogP contribution is -2.19. The molecule has 4 aromatic heterocycles. The quantitative estimate of drug-likeness (QED) is 0.416. The van der Waals surface area contributed by atoms with Gasteiger partial charge in [-0.25, -0.2) is 19.6 Å². The van der Waals surface area contributed by atoms with Gasteiger partial charge < -0.3 is 16.2 Å². The molecule has 0 unspecified atom stereocenters. The minimum absolute atomic E-state index is 0.150. The van der Waals surface area contributed by atoms with Crippen LogP contribution in [-0.2, 0) is 6.42 Å². The Morgan fingerprint density at radius 3 is 2.79 bits per heavy atom. The lowest BCUT2D eigenvalue weighted by molar-refractivity contribution is 0.182. The van der Waals surface area contributed by atoms with Gasteiger partial charge in [0.1, 0.15) is 22.9 Å². The number of aliphatic hydroxyl groups is 1. The molecule has 5 rings (SSSR count). The Hall–Kier alpha value is -4.17. The first-order valence-corrected chi connectivity index (χ1v) is 10.7. The highest BCUT2D eigenvalue weighted by Crippen LogP contribution is 2.31. The van der Waals surface area contributed by atoms with Crippen LogP contribution in [-0.4, -0.2) is 52.2 Å². The van der Waals surface area contributed by atoms with Crippen LogP contribution >= 0.6 is 0 Å². The fraction of sp³-hybridized carbons (Fsp3) is 0.318. The third kappa shape index (κ3) is 3.92. The molecular formula is C22H22N10O. The molecule has 2 atom stereocenters. The van der Waals surface area contributed by atoms with Gasteiger partial charge in [0.15, 0.2) is 17.3 Å². The summed E-state index contributed by atoms with van der Waals surface area (Å²) in [5.41, 5.74) is 9.83. The lowest BCUT2D eigenvalue weighted by atomic mass is 10.1. The van der Waals surface area contributed by atoms with Crippen LogP contribution in [0.3, 0.4) is 0 Å². The van der Waals surface area contributed by atoms with Crippen LogP contribution < -0.4 is 11.1 Å². The van der Waals surface area contributed by atoms with Gasteiger partial charge in [0.25, 0.3) is 0 Å². The Labute approximate surface area is 189 Å². The molecular weight excluding hydrogens is 420 g/mol. The first-order chi connectivity index (χ1) is 16.1. The summed E-state index contributed by atoms with van der Waals surface area (Å²) >= 11 is 0. The molecule has 33 heavy (non-hydrogen) atoms. The van der Waals surface area contributed by atoms with Crippen molar-refractivity contribution in [1.29, 1.82) is 5.26 Å². The Kier molecular flexibility index (Phi) is 5.27. The minimum Gasteiger partial charge on any atom is -0.393 e. The third-order valence-corrected chi connectivity index (χ3v) is 5.77. The van der Waals surface area contributed by atoms with E-state index in [4.69, 9.17) is 21.0 Å². The molecule has 0 spiro atoms. The topological polar surface area (TPSA) is 164 Å². The van der Waals surface area contributed by atoms with Crippen molar-refractivity contribution in [3.8, 4) is 23.0 Å². The van der Waals surface area contributed by atoms with E-state index in [9.17, 15) is 5.11 Å². The predicted molar refractivity (Wildman–Crippen MR) is 121 cm³/mol. The molecule has 11 nitrogen and oxygen atoms in total. The smallest absolute Gasteiger partial charge is 0.175 e. The summed E-state index contributed by atoms with van der Waals surface area (Å²) in [5.74, 6) is 1.49. The maximum Gasteiger partial charge on any atom is 0.175 e. The Morgan fingerprint density at radius 1 is 1.21 bits per heavy atom. The fourth-order valence-corrected chi connectivity index (χ4v) is 4.04. The minimum atomic E-state index is -0.285. The fourth-order valence-electron chi connectivity index (χ4n) is 4.04. The van der Waals surface area contributed by atoms with Crippen LogP contribution in [0.25, 0.3) is 28.0 Å². The predicted octanol–water partition coefficient (Wildman–Crippen LogP) is 2.01. The molecule has 0 aromatic carbocycles. The van der Waals surface area contributed by atoms with Crippen molar-refractivity contribution in [3.63, 3.8) is 0 Å². The van der Waals surface area contributed by atoms with Crippen molar-refractivity contribution < 1.29 is 5.11 Å². The molecule has 1 aliphatic rings. The van der Waals surface area contributed by atoms with Crippen LogP contribution in [0.5, 0.6) is 0 Å². The van der Waals surface area contributed by atoms with E-state index in [0.29, 0.717) is 41.3 Å². The molecule has 1 saturated carbocycles. The van der Waals surface area contributed by atoms with E-state index in [1.54, 1.807) is 35.4 Å². The second kappa shape index (κ2) is 8.40. The SMILES string of the molecule is CCc1nc2c(N)ncc(-c3cnn(-c4ccc(C#N)nn4)c3)c2nc1N[C@@H]1CC[C@H](O)C1. The van der Waals surface area contributed by atoms with E-state index >= 15 is 0 Å². The molecule has 0 saturated heterocycles. The number of aromatic nitrogens is 7. The van der Waals surface area contributed by atoms with Crippen molar-refractivity contribution in [3.05, 3.63) is 42.1 Å². The van der Waals surface area contributed by atoms with Gasteiger partial charge >= 0.3 is 0 Å². The van der Waals surface area contributed by atoms with Crippen molar-refractivity contribution >= 4 is 22.7 Å². The number of nitrogens with two attached hydrogens (primary N) is 1. The Morgan fingerprint density at radius 2 is 2.09 bits per heavy atom. The highest BCUT2D eigenvalue weighted by molar-refractivity contribution is 5.96. The van der Waals surface area contributed by atoms with Crippen LogP contribution in [0.15, 0.2) is 30.7 Å². The average Bonchev–Trinajstić information content (AvgIpc) is 3.48. The molecule has 4 heterocycles. The number of rotatable bonds is 5. The van der Waals surface area contributed by atoms with Crippen molar-refractivity contribution in [1.82, 2.24) is 34.9 Å². The molecule has 1 fully saturated rings. The van der Waals surface area contributed by atoms with E-state index in [1.165, 1.54) is 0 Å². The maximum absolute atomic E-state index is 9.90. The number of hydrogen-bond acceptors (Lipinski definition) is 10. The van der Waals surface area contributed by atoms with Crippen molar-refractivity contribution in [2.45, 2.75) is 44.8 Å². The standard InChI is InChI=1S/C22H22N10O/c1-2-17-22(27-13-3-5-15(33)7-13)29-19-16(10-25-21(24)20(19)28-17)12-9-26-32(11-12)18-6-4-14(8-23)30-31-18/h4,6,9-11,13,15,33H,2-3,5,7H2,1H3,(H2,24,25)(H,27,29)/t13-,15+/m1/s1. The van der Waals surface area contributed by atoms with Crippen LogP contribution in [0, 0.1) is 11.3 Å². The lowest BCUT2D eigenvalue weighted by Gasteiger charge is -2.17. The van der Waals surface area contributed by atoms with E-state index in [-0.39, 0.29) is 17.8 Å². The maximum atomic E-state index is 9.90. The van der Waals surface area contributed by atoms with E-state index < -0.39 is 0 Å². The second-order valence-electron chi connectivity index (χ2n) is 8.00. The first-order valence-electron chi connectivity index (χ1n) is 10.7. The summed E-state index contributed by atoms with van der Waals surface area (Å²) in [6.45, 7) is 2.01. The molecule has 4 N–H and O–H groups in total. The number of nitrogen functional groups attached to an aromatic ring is 1. The highest BCUT2D eigenvalue weighted by Gasteiger charge is 2.24. The van der Waals surface area contributed by atoms with Crippen molar-refractivity contribution in [2.24, 2.45) is 0 Å². The molecule has 1 aliphatic carbocycles. The summed E-state index contributed by atoms with van der Waals surface area (Å²) < 4.78 is 1.57. The molecule has 0 bridgehead atoms. The summed E-state index contributed by atoms with van der Waals surface area (Å²) in [6.07, 6.45) is 7.88. The van der Waals surface area contributed by atoms with Crippen molar-refractivity contribution in [2.75, 3.05) is 11.1 Å². The average molecular weight is 442 g/mol. The summed E-state index contributed by atoms with van der Waals surface area (Å²) in [5, 5.41) is 34.5. The molecule has 166 valence electrons. The van der Waals surface area contributed by atoms with Crippen LogP contribution in [0.1, 0.15) is 37.6 Å². The van der Waals surface area contributed by atoms with E-state index in [0.717, 1.165) is 29.7 Å². The number of aryl methyl sites for hydroxylation is 1. The van der Waals surface area contributed by atoms with Gasteiger partial charge in [-0.2, -0.15) is 10.4 Å². The van der Waals surface area contributed by atoms with Gasteiger partial charge in [-0.05, 0) is 37.8 Å². The zero-order valence-corrected chi connectivity index (χ0v) is 18.0. The number of nitriles is 1. The number of anilines is 2. The summed E-state index contributed by atoms with van der Waals surface area (Å²) in [4.78, 5) is 14.0. The number of fused-ring (bicyclic) bond motifs is 1. The monoisotopic (exact) mass is 442 g/mol. The number of nitrogens with one attached hydrogen (secondary N) is 1. The Bertz CT molecular complexity index is 1360.